The lowest BCUT2D eigenvalue weighted by Gasteiger charge is -2.30. The van der Waals surface area contributed by atoms with Gasteiger partial charge in [-0.1, -0.05) is 50.0 Å². The number of amides is 1. The minimum Gasteiger partial charge on any atom is -0.392 e. The molecule has 3 N–H and O–H groups in total. The Morgan fingerprint density at radius 1 is 1.19 bits per heavy atom. The maximum Gasteiger partial charge on any atom is 0.237 e. The first-order valence-electron chi connectivity index (χ1n) is 7.64. The summed E-state index contributed by atoms with van der Waals surface area (Å²) in [6, 6.07) is 6.06. The number of aryl methyl sites for hydroxylation is 2. The van der Waals surface area contributed by atoms with Gasteiger partial charge in [0.15, 0.2) is 0 Å². The highest BCUT2D eigenvalue weighted by molar-refractivity contribution is 7.80. The van der Waals surface area contributed by atoms with Crippen molar-refractivity contribution in [3.05, 3.63) is 29.3 Å². The van der Waals surface area contributed by atoms with E-state index in [1.165, 1.54) is 0 Å². The second kappa shape index (κ2) is 6.56. The highest BCUT2D eigenvalue weighted by Gasteiger charge is 2.41. The van der Waals surface area contributed by atoms with Crippen molar-refractivity contribution in [2.24, 2.45) is 11.1 Å². The Kier molecular flexibility index (Phi) is 4.99. The van der Waals surface area contributed by atoms with Crippen LogP contribution in [0.4, 0.5) is 5.69 Å². The maximum absolute atomic E-state index is 12.9. The van der Waals surface area contributed by atoms with E-state index in [4.69, 9.17) is 18.0 Å². The fraction of sp³-hybridized carbons (Fsp3) is 0.529. The molecule has 0 atom stereocenters. The van der Waals surface area contributed by atoms with Gasteiger partial charge < -0.3 is 11.1 Å². The van der Waals surface area contributed by atoms with Gasteiger partial charge in [-0.15, -0.1) is 0 Å². The van der Waals surface area contributed by atoms with Crippen molar-refractivity contribution in [1.82, 2.24) is 0 Å². The standard InChI is InChI=1S/C17H24N2OS/c1-12-7-8-13(2)14(11-12)19-16(20)17(15(18)21)9-5-3-4-6-10-17/h7-8,11H,3-6,9-10H2,1-2H3,(H2,18,21)(H,19,20). The second-order valence-electron chi connectivity index (χ2n) is 6.13. The molecule has 1 fully saturated rings. The van der Waals surface area contributed by atoms with E-state index >= 15 is 0 Å². The molecule has 1 saturated carbocycles. The summed E-state index contributed by atoms with van der Waals surface area (Å²) in [6.45, 7) is 4.01. The van der Waals surface area contributed by atoms with E-state index in [2.05, 4.69) is 5.32 Å². The van der Waals surface area contributed by atoms with Gasteiger partial charge in [-0.2, -0.15) is 0 Å². The van der Waals surface area contributed by atoms with Gasteiger partial charge in [-0.25, -0.2) is 0 Å². The number of carbonyl (C=O) groups excluding carboxylic acids is 1. The molecule has 0 aliphatic heterocycles. The van der Waals surface area contributed by atoms with Crippen molar-refractivity contribution in [3.8, 4) is 0 Å². The molecule has 0 unspecified atom stereocenters. The Hall–Kier alpha value is -1.42. The summed E-state index contributed by atoms with van der Waals surface area (Å²) in [5, 5.41) is 3.06. The van der Waals surface area contributed by atoms with Crippen molar-refractivity contribution in [3.63, 3.8) is 0 Å². The normalized spacial score (nSPS) is 17.8. The molecule has 1 aliphatic carbocycles. The summed E-state index contributed by atoms with van der Waals surface area (Å²) in [7, 11) is 0. The van der Waals surface area contributed by atoms with E-state index in [0.717, 1.165) is 55.3 Å². The van der Waals surface area contributed by atoms with E-state index in [1.54, 1.807) is 0 Å². The van der Waals surface area contributed by atoms with Gasteiger partial charge in [-0.3, -0.25) is 4.79 Å². The highest BCUT2D eigenvalue weighted by Crippen LogP contribution is 2.37. The summed E-state index contributed by atoms with van der Waals surface area (Å²) < 4.78 is 0. The fourth-order valence-corrected chi connectivity index (χ4v) is 3.33. The van der Waals surface area contributed by atoms with Gasteiger partial charge in [0, 0.05) is 5.69 Å². The summed E-state index contributed by atoms with van der Waals surface area (Å²) in [5.74, 6) is -0.0365. The zero-order valence-electron chi connectivity index (χ0n) is 12.9. The third-order valence-corrected chi connectivity index (χ3v) is 4.90. The van der Waals surface area contributed by atoms with Crippen LogP contribution in [-0.4, -0.2) is 10.9 Å². The van der Waals surface area contributed by atoms with Gasteiger partial charge in [0.25, 0.3) is 0 Å². The molecule has 0 bridgehead atoms. The predicted molar refractivity (Wildman–Crippen MR) is 91.5 cm³/mol. The molecule has 0 heterocycles. The Bertz CT molecular complexity index is 546. The molecular formula is C17H24N2OS. The van der Waals surface area contributed by atoms with E-state index in [9.17, 15) is 4.79 Å². The first-order valence-corrected chi connectivity index (χ1v) is 8.05. The molecule has 1 aliphatic rings. The van der Waals surface area contributed by atoms with Crippen molar-refractivity contribution < 1.29 is 4.79 Å². The van der Waals surface area contributed by atoms with Gasteiger partial charge in [-0.05, 0) is 43.9 Å². The minimum atomic E-state index is -0.679. The van der Waals surface area contributed by atoms with Crippen LogP contribution in [0.1, 0.15) is 49.7 Å². The van der Waals surface area contributed by atoms with E-state index in [0.29, 0.717) is 4.99 Å². The zero-order valence-corrected chi connectivity index (χ0v) is 13.7. The minimum absolute atomic E-state index is 0.0365. The number of benzene rings is 1. The average Bonchev–Trinajstić information content (AvgIpc) is 2.69. The lowest BCUT2D eigenvalue weighted by molar-refractivity contribution is -0.122. The number of hydrogen-bond donors (Lipinski definition) is 2. The summed E-state index contributed by atoms with van der Waals surface area (Å²) in [5.41, 5.74) is 8.33. The number of carbonyl (C=O) groups is 1. The number of rotatable bonds is 3. The fourth-order valence-electron chi connectivity index (χ4n) is 3.03. The van der Waals surface area contributed by atoms with E-state index in [1.807, 2.05) is 32.0 Å². The molecule has 2 rings (SSSR count). The Balaban J connectivity index is 2.26. The van der Waals surface area contributed by atoms with Crippen molar-refractivity contribution in [2.45, 2.75) is 52.4 Å². The Labute approximate surface area is 132 Å². The third kappa shape index (κ3) is 3.43. The molecule has 0 saturated heterocycles. The van der Waals surface area contributed by atoms with Crippen LogP contribution in [0, 0.1) is 19.3 Å². The van der Waals surface area contributed by atoms with E-state index in [-0.39, 0.29) is 5.91 Å². The molecule has 3 nitrogen and oxygen atoms in total. The summed E-state index contributed by atoms with van der Waals surface area (Å²) >= 11 is 5.26. The molecule has 1 aromatic rings. The maximum atomic E-state index is 12.9. The van der Waals surface area contributed by atoms with Crippen LogP contribution in [0.5, 0.6) is 0 Å². The zero-order chi connectivity index (χ0) is 15.5. The molecule has 0 radical (unpaired) electrons. The van der Waals surface area contributed by atoms with Crippen molar-refractivity contribution >= 4 is 28.8 Å². The smallest absolute Gasteiger partial charge is 0.237 e. The lowest BCUT2D eigenvalue weighted by atomic mass is 9.79. The molecule has 1 amide bonds. The molecule has 4 heteroatoms. The summed E-state index contributed by atoms with van der Waals surface area (Å²) in [6.07, 6.45) is 5.86. The Morgan fingerprint density at radius 2 is 1.81 bits per heavy atom. The molecule has 0 spiro atoms. The molecular weight excluding hydrogens is 280 g/mol. The van der Waals surface area contributed by atoms with Gasteiger partial charge in [0.1, 0.15) is 0 Å². The van der Waals surface area contributed by atoms with E-state index < -0.39 is 5.41 Å². The van der Waals surface area contributed by atoms with Gasteiger partial charge in [0.05, 0.1) is 10.4 Å². The Morgan fingerprint density at radius 3 is 2.38 bits per heavy atom. The SMILES string of the molecule is Cc1ccc(C)c(NC(=O)C2(C(N)=S)CCCCCC2)c1. The van der Waals surface area contributed by atoms with Crippen LogP contribution in [0.15, 0.2) is 18.2 Å². The predicted octanol–water partition coefficient (Wildman–Crippen LogP) is 3.87. The first-order chi connectivity index (χ1) is 9.95. The van der Waals surface area contributed by atoms with Gasteiger partial charge in [0.2, 0.25) is 5.91 Å². The highest BCUT2D eigenvalue weighted by atomic mass is 32.1. The number of anilines is 1. The van der Waals surface area contributed by atoms with Gasteiger partial charge >= 0.3 is 0 Å². The average molecular weight is 304 g/mol. The number of hydrogen-bond acceptors (Lipinski definition) is 2. The lowest BCUT2D eigenvalue weighted by Crippen LogP contribution is -2.45. The van der Waals surface area contributed by atoms with Crippen molar-refractivity contribution in [1.29, 1.82) is 0 Å². The van der Waals surface area contributed by atoms with Crippen molar-refractivity contribution in [2.75, 3.05) is 5.32 Å². The van der Waals surface area contributed by atoms with Crippen LogP contribution in [0.3, 0.4) is 0 Å². The van der Waals surface area contributed by atoms with Crippen LogP contribution >= 0.6 is 12.2 Å². The number of nitrogens with two attached hydrogens (primary N) is 1. The topological polar surface area (TPSA) is 55.1 Å². The molecule has 114 valence electrons. The molecule has 0 aromatic heterocycles. The van der Waals surface area contributed by atoms with Crippen LogP contribution in [-0.2, 0) is 4.79 Å². The number of thiocarbonyl (C=S) groups is 1. The van der Waals surface area contributed by atoms with Crippen LogP contribution < -0.4 is 11.1 Å². The largest absolute Gasteiger partial charge is 0.392 e. The quantitative estimate of drug-likeness (QED) is 0.658. The third-order valence-electron chi connectivity index (χ3n) is 4.50. The second-order valence-corrected chi connectivity index (χ2v) is 6.57. The van der Waals surface area contributed by atoms with Crippen LogP contribution in [0.25, 0.3) is 0 Å². The molecule has 21 heavy (non-hydrogen) atoms. The molecule has 1 aromatic carbocycles. The first kappa shape index (κ1) is 16.0. The van der Waals surface area contributed by atoms with Crippen LogP contribution in [0.2, 0.25) is 0 Å². The monoisotopic (exact) mass is 304 g/mol. The number of nitrogens with one attached hydrogen (secondary N) is 1. The summed E-state index contributed by atoms with van der Waals surface area (Å²) in [4.78, 5) is 13.2.